The van der Waals surface area contributed by atoms with Gasteiger partial charge in [-0.1, -0.05) is 12.0 Å². The van der Waals surface area contributed by atoms with Crippen LogP contribution in [0.2, 0.25) is 0 Å². The van der Waals surface area contributed by atoms with Crippen LogP contribution >= 0.6 is 0 Å². The Balaban J connectivity index is 2.52. The van der Waals surface area contributed by atoms with E-state index in [1.807, 2.05) is 0 Å². The molecule has 2 N–H and O–H groups in total. The Kier molecular flexibility index (Phi) is 2.88. The zero-order valence-corrected chi connectivity index (χ0v) is 6.66. The summed E-state index contributed by atoms with van der Waals surface area (Å²) in [4.78, 5) is 2.54. The Bertz CT molecular complexity index is 204. The highest BCUT2D eigenvalue weighted by atomic mass is 16.6. The highest BCUT2D eigenvalue weighted by Crippen LogP contribution is 2.24. The summed E-state index contributed by atoms with van der Waals surface area (Å²) < 4.78 is 4.93. The van der Waals surface area contributed by atoms with Crippen LogP contribution in [0.5, 0.6) is 0 Å². The molecule has 0 aromatic heterocycles. The van der Waals surface area contributed by atoms with Crippen LogP contribution in [0.3, 0.4) is 0 Å². The van der Waals surface area contributed by atoms with Crippen LogP contribution in [-0.4, -0.2) is 35.3 Å². The van der Waals surface area contributed by atoms with Gasteiger partial charge in [0.15, 0.2) is 6.29 Å². The molecule has 1 fully saturated rings. The lowest BCUT2D eigenvalue weighted by atomic mass is 10.0. The van der Waals surface area contributed by atoms with Gasteiger partial charge in [0.1, 0.15) is 0 Å². The van der Waals surface area contributed by atoms with Gasteiger partial charge in [0.25, 0.3) is 0 Å². The number of aliphatic hydroxyl groups is 2. The fraction of sp³-hybridized carbons (Fsp3) is 1.00. The van der Waals surface area contributed by atoms with E-state index in [1.165, 1.54) is 0 Å². The molecule has 0 bridgehead atoms. The van der Waals surface area contributed by atoms with Gasteiger partial charge in [-0.25, -0.2) is 0 Å². The van der Waals surface area contributed by atoms with Crippen molar-refractivity contribution in [1.29, 1.82) is 0 Å². The summed E-state index contributed by atoms with van der Waals surface area (Å²) in [6, 6.07) is 0. The molecule has 0 aromatic rings. The Hall–Kier alpha value is -0.810. The van der Waals surface area contributed by atoms with Crippen molar-refractivity contribution in [3.05, 3.63) is 10.4 Å². The lowest BCUT2D eigenvalue weighted by molar-refractivity contribution is -0.103. The third-order valence-electron chi connectivity index (χ3n) is 2.01. The third-order valence-corrected chi connectivity index (χ3v) is 2.01. The summed E-state index contributed by atoms with van der Waals surface area (Å²) in [5.74, 6) is -0.330. The molecule has 12 heavy (non-hydrogen) atoms. The summed E-state index contributed by atoms with van der Waals surface area (Å²) in [5.41, 5.74) is 8.00. The molecule has 0 amide bonds. The molecule has 6 nitrogen and oxygen atoms in total. The maximum atomic E-state index is 9.39. The molecule has 0 spiro atoms. The quantitative estimate of drug-likeness (QED) is 0.349. The van der Waals surface area contributed by atoms with Gasteiger partial charge in [-0.15, -0.1) is 0 Å². The van der Waals surface area contributed by atoms with Crippen molar-refractivity contribution in [2.75, 3.05) is 6.54 Å². The van der Waals surface area contributed by atoms with E-state index in [1.54, 1.807) is 6.92 Å². The second kappa shape index (κ2) is 3.73. The number of azide groups is 1. The summed E-state index contributed by atoms with van der Waals surface area (Å²) in [7, 11) is 0. The number of rotatable bonds is 2. The standard InChI is InChI=1S/C6H11N3O3/c1-3-5(10)4(2-8-9-7)12-6(3)11/h3-6,10-11H,2H2,1H3/t3-,4-,5+,6?/m1/s1. The average Bonchev–Trinajstić information content (AvgIpc) is 2.30. The largest absolute Gasteiger partial charge is 0.390 e. The summed E-state index contributed by atoms with van der Waals surface area (Å²) in [6.07, 6.45) is -2.30. The van der Waals surface area contributed by atoms with Gasteiger partial charge in [-0.2, -0.15) is 0 Å². The molecular weight excluding hydrogens is 162 g/mol. The summed E-state index contributed by atoms with van der Waals surface area (Å²) in [6.45, 7) is 1.73. The van der Waals surface area contributed by atoms with Crippen molar-refractivity contribution in [3.8, 4) is 0 Å². The Morgan fingerprint density at radius 1 is 1.58 bits per heavy atom. The fourth-order valence-corrected chi connectivity index (χ4v) is 1.16. The lowest BCUT2D eigenvalue weighted by Gasteiger charge is -2.10. The zero-order chi connectivity index (χ0) is 9.14. The van der Waals surface area contributed by atoms with Crippen LogP contribution in [0.1, 0.15) is 6.92 Å². The molecule has 0 saturated carbocycles. The third kappa shape index (κ3) is 1.67. The molecule has 0 aliphatic carbocycles. The molecule has 0 aromatic carbocycles. The van der Waals surface area contributed by atoms with E-state index in [4.69, 9.17) is 15.4 Å². The normalized spacial score (nSPS) is 40.9. The van der Waals surface area contributed by atoms with Gasteiger partial charge in [0.05, 0.1) is 18.8 Å². The van der Waals surface area contributed by atoms with Gasteiger partial charge >= 0.3 is 0 Å². The monoisotopic (exact) mass is 173 g/mol. The highest BCUT2D eigenvalue weighted by Gasteiger charge is 2.39. The topological polar surface area (TPSA) is 98.5 Å². The Morgan fingerprint density at radius 3 is 2.67 bits per heavy atom. The molecule has 4 atom stereocenters. The second-order valence-electron chi connectivity index (χ2n) is 2.83. The zero-order valence-electron chi connectivity index (χ0n) is 6.66. The predicted octanol–water partition coefficient (Wildman–Crippen LogP) is 0.0109. The first-order valence-corrected chi connectivity index (χ1v) is 3.69. The Morgan fingerprint density at radius 2 is 2.25 bits per heavy atom. The number of ether oxygens (including phenoxy) is 1. The van der Waals surface area contributed by atoms with Crippen molar-refractivity contribution in [3.63, 3.8) is 0 Å². The van der Waals surface area contributed by atoms with E-state index in [0.717, 1.165) is 0 Å². The van der Waals surface area contributed by atoms with Gasteiger partial charge in [-0.05, 0) is 5.53 Å². The fourth-order valence-electron chi connectivity index (χ4n) is 1.16. The SMILES string of the molecule is C[C@H]1C(O)O[C@H](CN=[N+]=[N-])[C@H]1O. The number of hydrogen-bond acceptors (Lipinski definition) is 4. The van der Waals surface area contributed by atoms with Crippen molar-refractivity contribution in [1.82, 2.24) is 0 Å². The van der Waals surface area contributed by atoms with Crippen LogP contribution in [-0.2, 0) is 4.74 Å². The predicted molar refractivity (Wildman–Crippen MR) is 40.1 cm³/mol. The van der Waals surface area contributed by atoms with E-state index in [9.17, 15) is 5.11 Å². The van der Waals surface area contributed by atoms with Crippen molar-refractivity contribution in [2.45, 2.75) is 25.4 Å². The highest BCUT2D eigenvalue weighted by molar-refractivity contribution is 4.84. The van der Waals surface area contributed by atoms with E-state index < -0.39 is 18.5 Å². The van der Waals surface area contributed by atoms with Crippen molar-refractivity contribution >= 4 is 0 Å². The minimum atomic E-state index is -0.959. The molecular formula is C6H11N3O3. The van der Waals surface area contributed by atoms with Crippen LogP contribution in [0.15, 0.2) is 5.11 Å². The number of aliphatic hydroxyl groups excluding tert-OH is 2. The molecule has 1 aliphatic heterocycles. The molecule has 6 heteroatoms. The van der Waals surface area contributed by atoms with Gasteiger partial charge < -0.3 is 14.9 Å². The van der Waals surface area contributed by atoms with Gasteiger partial charge in [0.2, 0.25) is 0 Å². The molecule has 1 heterocycles. The smallest absolute Gasteiger partial charge is 0.160 e. The molecule has 1 saturated heterocycles. The molecule has 68 valence electrons. The summed E-state index contributed by atoms with van der Waals surface area (Å²) >= 11 is 0. The van der Waals surface area contributed by atoms with Crippen molar-refractivity contribution in [2.24, 2.45) is 11.0 Å². The van der Waals surface area contributed by atoms with E-state index in [0.29, 0.717) is 0 Å². The maximum absolute atomic E-state index is 9.39. The van der Waals surface area contributed by atoms with Crippen LogP contribution in [0.4, 0.5) is 0 Å². The lowest BCUT2D eigenvalue weighted by Crippen LogP contribution is -2.27. The first-order chi connectivity index (χ1) is 5.66. The van der Waals surface area contributed by atoms with Crippen LogP contribution in [0, 0.1) is 5.92 Å². The maximum Gasteiger partial charge on any atom is 0.160 e. The van der Waals surface area contributed by atoms with Gasteiger partial charge in [0, 0.05) is 10.8 Å². The molecule has 0 radical (unpaired) electrons. The summed E-state index contributed by atoms with van der Waals surface area (Å²) in [5, 5.41) is 21.8. The minimum Gasteiger partial charge on any atom is -0.390 e. The van der Waals surface area contributed by atoms with Gasteiger partial charge in [-0.3, -0.25) is 0 Å². The number of nitrogens with zero attached hydrogens (tertiary/aromatic N) is 3. The van der Waals surface area contributed by atoms with E-state index >= 15 is 0 Å². The van der Waals surface area contributed by atoms with E-state index in [-0.39, 0.29) is 12.5 Å². The second-order valence-corrected chi connectivity index (χ2v) is 2.83. The van der Waals surface area contributed by atoms with E-state index in [2.05, 4.69) is 10.0 Å². The van der Waals surface area contributed by atoms with Crippen molar-refractivity contribution < 1.29 is 14.9 Å². The first-order valence-electron chi connectivity index (χ1n) is 3.69. The van der Waals surface area contributed by atoms with Crippen LogP contribution < -0.4 is 0 Å². The van der Waals surface area contributed by atoms with Crippen LogP contribution in [0.25, 0.3) is 10.4 Å². The minimum absolute atomic E-state index is 0.0546. The molecule has 1 unspecified atom stereocenters. The first kappa shape index (κ1) is 9.28. The number of hydrogen-bond donors (Lipinski definition) is 2. The Labute approximate surface area is 69.4 Å². The molecule has 1 rings (SSSR count). The average molecular weight is 173 g/mol. The molecule has 1 aliphatic rings.